The van der Waals surface area contributed by atoms with Crippen LogP contribution in [0.15, 0.2) is 64.4 Å². The third kappa shape index (κ3) is 4.58. The number of carbonyl (C=O) groups excluding carboxylic acids is 2. The van der Waals surface area contributed by atoms with Crippen molar-refractivity contribution in [3.8, 4) is 21.1 Å². The number of thiophene rings is 2. The highest BCUT2D eigenvalue weighted by molar-refractivity contribution is 7.99. The maximum atomic E-state index is 12.3. The summed E-state index contributed by atoms with van der Waals surface area (Å²) in [5.41, 5.74) is 8.09. The molecule has 0 atom stereocenters. The van der Waals surface area contributed by atoms with Gasteiger partial charge in [-0.2, -0.15) is 0 Å². The highest BCUT2D eigenvalue weighted by atomic mass is 32.2. The van der Waals surface area contributed by atoms with Gasteiger partial charge in [0.15, 0.2) is 5.16 Å². The lowest BCUT2D eigenvalue weighted by atomic mass is 10.2. The molecule has 4 aromatic rings. The molecule has 0 aliphatic heterocycles. The number of imidazole rings is 1. The molecule has 4 rings (SSSR count). The van der Waals surface area contributed by atoms with Gasteiger partial charge in [0.2, 0.25) is 11.8 Å². The summed E-state index contributed by atoms with van der Waals surface area (Å²) in [7, 11) is 0. The van der Waals surface area contributed by atoms with Crippen LogP contribution in [0, 0.1) is 0 Å². The van der Waals surface area contributed by atoms with Gasteiger partial charge in [0.25, 0.3) is 0 Å². The number of nitrogens with two attached hydrogens (primary N) is 1. The van der Waals surface area contributed by atoms with E-state index in [0.717, 1.165) is 21.1 Å². The molecule has 0 bridgehead atoms. The van der Waals surface area contributed by atoms with Crippen LogP contribution in [-0.2, 0) is 4.79 Å². The van der Waals surface area contributed by atoms with Gasteiger partial charge in [0.05, 0.1) is 21.2 Å². The van der Waals surface area contributed by atoms with E-state index < -0.39 is 5.91 Å². The predicted molar refractivity (Wildman–Crippen MR) is 120 cm³/mol. The number of aromatic nitrogens is 2. The van der Waals surface area contributed by atoms with Crippen LogP contribution in [0.5, 0.6) is 0 Å². The van der Waals surface area contributed by atoms with E-state index in [1.165, 1.54) is 11.8 Å². The van der Waals surface area contributed by atoms with Crippen LogP contribution in [0.4, 0.5) is 5.69 Å². The largest absolute Gasteiger partial charge is 0.366 e. The highest BCUT2D eigenvalue weighted by Crippen LogP contribution is 2.36. The Morgan fingerprint density at radius 3 is 2.34 bits per heavy atom. The second kappa shape index (κ2) is 8.64. The van der Waals surface area contributed by atoms with Crippen molar-refractivity contribution in [2.24, 2.45) is 5.73 Å². The van der Waals surface area contributed by atoms with Crippen molar-refractivity contribution in [3.05, 3.63) is 64.9 Å². The van der Waals surface area contributed by atoms with Crippen LogP contribution in [-0.4, -0.2) is 27.5 Å². The number of carbonyl (C=O) groups is 2. The standard InChI is InChI=1S/C20H16N4O2S3/c21-19(26)12-5-7-13(8-6-12)22-16(25)11-29-20-23-17(14-3-1-9-27-14)18(24-20)15-4-2-10-28-15/h1-10H,11H2,(H2,21,26)(H,22,25)(H,23,24). The SMILES string of the molecule is NC(=O)c1ccc(NC(=O)CSc2nc(-c3cccs3)c(-c3cccs3)[nH]2)cc1. The van der Waals surface area contributed by atoms with Gasteiger partial charge in [-0.05, 0) is 47.2 Å². The molecule has 29 heavy (non-hydrogen) atoms. The second-order valence-corrected chi connectivity index (χ2v) is 8.86. The van der Waals surface area contributed by atoms with Crippen molar-refractivity contribution in [2.45, 2.75) is 5.16 Å². The van der Waals surface area contributed by atoms with Crippen LogP contribution < -0.4 is 11.1 Å². The summed E-state index contributed by atoms with van der Waals surface area (Å²) in [5.74, 6) is -0.452. The van der Waals surface area contributed by atoms with E-state index in [-0.39, 0.29) is 11.7 Å². The van der Waals surface area contributed by atoms with Crippen molar-refractivity contribution in [2.75, 3.05) is 11.1 Å². The topological polar surface area (TPSA) is 101 Å². The van der Waals surface area contributed by atoms with Crippen LogP contribution in [0.1, 0.15) is 10.4 Å². The van der Waals surface area contributed by atoms with Crippen molar-refractivity contribution < 1.29 is 9.59 Å². The molecular formula is C20H16N4O2S3. The third-order valence-electron chi connectivity index (χ3n) is 4.00. The first-order valence-corrected chi connectivity index (χ1v) is 11.3. The number of rotatable bonds is 7. The number of amides is 2. The van der Waals surface area contributed by atoms with Gasteiger partial charge in [-0.25, -0.2) is 4.98 Å². The molecule has 0 spiro atoms. The Kier molecular flexibility index (Phi) is 5.79. The minimum atomic E-state index is -0.501. The molecule has 0 saturated heterocycles. The lowest BCUT2D eigenvalue weighted by Crippen LogP contribution is -2.15. The number of hydrogen-bond donors (Lipinski definition) is 3. The number of nitrogens with zero attached hydrogens (tertiary/aromatic N) is 1. The van der Waals surface area contributed by atoms with Gasteiger partial charge in [-0.15, -0.1) is 22.7 Å². The summed E-state index contributed by atoms with van der Waals surface area (Å²) < 4.78 is 0. The quantitative estimate of drug-likeness (QED) is 0.363. The molecule has 0 radical (unpaired) electrons. The minimum Gasteiger partial charge on any atom is -0.366 e. The number of H-pyrrole nitrogens is 1. The Balaban J connectivity index is 1.45. The smallest absolute Gasteiger partial charge is 0.248 e. The van der Waals surface area contributed by atoms with E-state index in [1.54, 1.807) is 46.9 Å². The molecule has 146 valence electrons. The zero-order valence-corrected chi connectivity index (χ0v) is 17.5. The molecule has 3 heterocycles. The summed E-state index contributed by atoms with van der Waals surface area (Å²) in [5, 5.41) is 7.54. The molecule has 9 heteroatoms. The van der Waals surface area contributed by atoms with Gasteiger partial charge in [-0.1, -0.05) is 23.9 Å². The van der Waals surface area contributed by atoms with Gasteiger partial charge in [-0.3, -0.25) is 9.59 Å². The van der Waals surface area contributed by atoms with Crippen molar-refractivity contribution >= 4 is 51.9 Å². The van der Waals surface area contributed by atoms with Crippen LogP contribution in [0.2, 0.25) is 0 Å². The first-order valence-electron chi connectivity index (χ1n) is 8.60. The van der Waals surface area contributed by atoms with Gasteiger partial charge in [0, 0.05) is 11.3 Å². The molecule has 4 N–H and O–H groups in total. The van der Waals surface area contributed by atoms with E-state index in [0.29, 0.717) is 16.4 Å². The summed E-state index contributed by atoms with van der Waals surface area (Å²) >= 11 is 4.61. The maximum Gasteiger partial charge on any atom is 0.248 e. The lowest BCUT2D eigenvalue weighted by Gasteiger charge is -2.04. The highest BCUT2D eigenvalue weighted by Gasteiger charge is 2.17. The Morgan fingerprint density at radius 2 is 1.72 bits per heavy atom. The van der Waals surface area contributed by atoms with Crippen LogP contribution >= 0.6 is 34.4 Å². The first kappa shape index (κ1) is 19.4. The number of anilines is 1. The van der Waals surface area contributed by atoms with Crippen molar-refractivity contribution in [1.29, 1.82) is 0 Å². The van der Waals surface area contributed by atoms with E-state index in [4.69, 9.17) is 10.7 Å². The molecule has 0 saturated carbocycles. The number of benzene rings is 1. The predicted octanol–water partition coefficient (Wildman–Crippen LogP) is 4.70. The molecule has 3 aromatic heterocycles. The zero-order chi connectivity index (χ0) is 20.2. The Morgan fingerprint density at radius 1 is 1.03 bits per heavy atom. The average Bonchev–Trinajstić information content (AvgIpc) is 3.47. The molecule has 0 aliphatic carbocycles. The minimum absolute atomic E-state index is 0.159. The summed E-state index contributed by atoms with van der Waals surface area (Å²) in [6.07, 6.45) is 0. The number of hydrogen-bond acceptors (Lipinski definition) is 6. The number of primary amides is 1. The lowest BCUT2D eigenvalue weighted by molar-refractivity contribution is -0.113. The Labute approximate surface area is 179 Å². The first-order chi connectivity index (χ1) is 14.1. The Hall–Kier alpha value is -2.88. The van der Waals surface area contributed by atoms with E-state index in [1.807, 2.05) is 35.0 Å². The van der Waals surface area contributed by atoms with E-state index in [9.17, 15) is 9.59 Å². The number of nitrogens with one attached hydrogen (secondary N) is 2. The molecule has 0 unspecified atom stereocenters. The fourth-order valence-electron chi connectivity index (χ4n) is 2.66. The zero-order valence-electron chi connectivity index (χ0n) is 15.0. The normalized spacial score (nSPS) is 10.8. The fourth-order valence-corrected chi connectivity index (χ4v) is 4.78. The van der Waals surface area contributed by atoms with E-state index >= 15 is 0 Å². The van der Waals surface area contributed by atoms with Crippen molar-refractivity contribution in [1.82, 2.24) is 9.97 Å². The number of thioether (sulfide) groups is 1. The Bertz CT molecular complexity index is 1070. The molecule has 2 amide bonds. The van der Waals surface area contributed by atoms with Crippen LogP contribution in [0.3, 0.4) is 0 Å². The van der Waals surface area contributed by atoms with Gasteiger partial charge in [0.1, 0.15) is 5.69 Å². The maximum absolute atomic E-state index is 12.3. The average molecular weight is 441 g/mol. The molecule has 0 fully saturated rings. The third-order valence-corrected chi connectivity index (χ3v) is 6.63. The van der Waals surface area contributed by atoms with Gasteiger partial charge < -0.3 is 16.0 Å². The fraction of sp³-hybridized carbons (Fsp3) is 0.0500. The van der Waals surface area contributed by atoms with E-state index in [2.05, 4.69) is 10.3 Å². The number of aromatic amines is 1. The van der Waals surface area contributed by atoms with Gasteiger partial charge >= 0.3 is 0 Å². The monoisotopic (exact) mass is 440 g/mol. The van der Waals surface area contributed by atoms with Crippen molar-refractivity contribution in [3.63, 3.8) is 0 Å². The van der Waals surface area contributed by atoms with Crippen LogP contribution in [0.25, 0.3) is 21.1 Å². The summed E-state index contributed by atoms with van der Waals surface area (Å²) in [4.78, 5) is 33.7. The molecule has 0 aliphatic rings. The molecule has 6 nitrogen and oxygen atoms in total. The summed E-state index contributed by atoms with van der Waals surface area (Å²) in [6, 6.07) is 14.6. The second-order valence-electron chi connectivity index (χ2n) is 6.00. The molecular weight excluding hydrogens is 424 g/mol. The molecule has 1 aromatic carbocycles. The summed E-state index contributed by atoms with van der Waals surface area (Å²) in [6.45, 7) is 0.